The first kappa shape index (κ1) is 19.2. The van der Waals surface area contributed by atoms with Crippen molar-refractivity contribution in [2.45, 2.75) is 12.6 Å². The molecule has 2 aliphatic rings. The van der Waals surface area contributed by atoms with Crippen molar-refractivity contribution in [3.63, 3.8) is 0 Å². The summed E-state index contributed by atoms with van der Waals surface area (Å²) in [5.74, 6) is 1.73. The topological polar surface area (TPSA) is 24.9 Å². The number of rotatable bonds is 5. The highest BCUT2D eigenvalue weighted by atomic mass is 16.5. The predicted molar refractivity (Wildman–Crippen MR) is 120 cm³/mol. The molecule has 5 rings (SSSR count). The molecule has 1 aliphatic carbocycles. The first-order valence-electron chi connectivity index (χ1n) is 10.6. The molecule has 0 atom stereocenters. The van der Waals surface area contributed by atoms with Crippen LogP contribution in [0.25, 0.3) is 11.1 Å². The smallest absolute Gasteiger partial charge is 0.127 e. The highest BCUT2D eigenvalue weighted by Gasteiger charge is 2.34. The third-order valence-electron chi connectivity index (χ3n) is 6.46. The largest absolute Gasteiger partial charge is 0.497 e. The number of piperazine rings is 1. The Hall–Kier alpha value is -2.82. The quantitative estimate of drug-likeness (QED) is 0.625. The lowest BCUT2D eigenvalue weighted by atomic mass is 10.0. The van der Waals surface area contributed by atoms with Crippen LogP contribution in [-0.2, 0) is 6.54 Å². The number of nitrogens with zero attached hydrogens (tertiary/aromatic N) is 2. The molecule has 0 unspecified atom stereocenters. The van der Waals surface area contributed by atoms with E-state index in [1.54, 1.807) is 14.2 Å². The Balaban J connectivity index is 1.31. The summed E-state index contributed by atoms with van der Waals surface area (Å²) in [5, 5.41) is 0. The van der Waals surface area contributed by atoms with Gasteiger partial charge in [-0.3, -0.25) is 9.80 Å². The van der Waals surface area contributed by atoms with Crippen molar-refractivity contribution in [1.82, 2.24) is 9.80 Å². The molecule has 154 valence electrons. The fourth-order valence-corrected chi connectivity index (χ4v) is 4.93. The highest BCUT2D eigenvalue weighted by molar-refractivity contribution is 5.78. The van der Waals surface area contributed by atoms with E-state index in [-0.39, 0.29) is 0 Å². The van der Waals surface area contributed by atoms with Crippen LogP contribution in [0.1, 0.15) is 22.7 Å². The highest BCUT2D eigenvalue weighted by Crippen LogP contribution is 2.46. The molecule has 0 N–H and O–H groups in total. The summed E-state index contributed by atoms with van der Waals surface area (Å²) in [5.41, 5.74) is 6.89. The predicted octanol–water partition coefficient (Wildman–Crippen LogP) is 4.59. The van der Waals surface area contributed by atoms with Crippen molar-refractivity contribution < 1.29 is 9.47 Å². The number of hydrogen-bond acceptors (Lipinski definition) is 4. The average Bonchev–Trinajstić information content (AvgIpc) is 3.14. The molecular formula is C26H28N2O2. The zero-order valence-electron chi connectivity index (χ0n) is 17.7. The van der Waals surface area contributed by atoms with Crippen LogP contribution in [0.4, 0.5) is 0 Å². The van der Waals surface area contributed by atoms with Crippen LogP contribution >= 0.6 is 0 Å². The second-order valence-electron chi connectivity index (χ2n) is 8.07. The molecule has 1 fully saturated rings. The fourth-order valence-electron chi connectivity index (χ4n) is 4.93. The summed E-state index contributed by atoms with van der Waals surface area (Å²) in [6.07, 6.45) is 0. The van der Waals surface area contributed by atoms with Crippen molar-refractivity contribution in [3.05, 3.63) is 83.4 Å². The van der Waals surface area contributed by atoms with Gasteiger partial charge in [-0.25, -0.2) is 0 Å². The van der Waals surface area contributed by atoms with Gasteiger partial charge in [-0.05, 0) is 28.3 Å². The average molecular weight is 401 g/mol. The number of fused-ring (bicyclic) bond motifs is 3. The molecule has 0 amide bonds. The minimum atomic E-state index is 0.370. The van der Waals surface area contributed by atoms with Gasteiger partial charge in [-0.15, -0.1) is 0 Å². The molecule has 1 heterocycles. The van der Waals surface area contributed by atoms with Gasteiger partial charge in [0, 0.05) is 44.4 Å². The molecule has 30 heavy (non-hydrogen) atoms. The van der Waals surface area contributed by atoms with Crippen LogP contribution in [0.2, 0.25) is 0 Å². The number of hydrogen-bond donors (Lipinski definition) is 0. The van der Waals surface area contributed by atoms with Gasteiger partial charge in [0.15, 0.2) is 0 Å². The normalized spacial score (nSPS) is 16.9. The Bertz CT molecular complexity index is 995. The van der Waals surface area contributed by atoms with Gasteiger partial charge in [0.2, 0.25) is 0 Å². The molecule has 1 saturated heterocycles. The molecular weight excluding hydrogens is 372 g/mol. The SMILES string of the molecule is COc1ccc(CN2CCN(C3c4ccccc4-c4ccccc43)CC2)c(OC)c1. The van der Waals surface area contributed by atoms with Gasteiger partial charge < -0.3 is 9.47 Å². The van der Waals surface area contributed by atoms with E-state index in [4.69, 9.17) is 9.47 Å². The van der Waals surface area contributed by atoms with Gasteiger partial charge in [0.05, 0.1) is 20.3 Å². The molecule has 3 aromatic rings. The summed E-state index contributed by atoms with van der Waals surface area (Å²) in [6.45, 7) is 5.13. The first-order valence-corrected chi connectivity index (χ1v) is 10.6. The zero-order valence-corrected chi connectivity index (χ0v) is 17.7. The van der Waals surface area contributed by atoms with E-state index in [1.807, 2.05) is 12.1 Å². The van der Waals surface area contributed by atoms with Crippen molar-refractivity contribution in [3.8, 4) is 22.6 Å². The lowest BCUT2D eigenvalue weighted by Crippen LogP contribution is -2.47. The second-order valence-corrected chi connectivity index (χ2v) is 8.07. The Labute approximate surface area is 178 Å². The van der Waals surface area contributed by atoms with Crippen LogP contribution in [0.3, 0.4) is 0 Å². The van der Waals surface area contributed by atoms with Crippen molar-refractivity contribution in [2.75, 3.05) is 40.4 Å². The summed E-state index contributed by atoms with van der Waals surface area (Å²) in [6, 6.07) is 24.2. The Morgan fingerprint density at radius 2 is 1.40 bits per heavy atom. The standard InChI is InChI=1S/C26H28N2O2/c1-29-20-12-11-19(25(17-20)30-2)18-27-13-15-28(16-14-27)26-23-9-5-3-7-21(23)22-8-4-6-10-24(22)26/h3-12,17,26H,13-16,18H2,1-2H3. The number of methoxy groups -OCH3 is 2. The van der Waals surface area contributed by atoms with E-state index in [2.05, 4.69) is 64.4 Å². The third kappa shape index (κ3) is 3.36. The van der Waals surface area contributed by atoms with Gasteiger partial charge in [-0.2, -0.15) is 0 Å². The minimum Gasteiger partial charge on any atom is -0.497 e. The van der Waals surface area contributed by atoms with Gasteiger partial charge >= 0.3 is 0 Å². The van der Waals surface area contributed by atoms with E-state index in [0.29, 0.717) is 6.04 Å². The van der Waals surface area contributed by atoms with Crippen LogP contribution in [0.5, 0.6) is 11.5 Å². The molecule has 4 heteroatoms. The van der Waals surface area contributed by atoms with Crippen LogP contribution < -0.4 is 9.47 Å². The van der Waals surface area contributed by atoms with Crippen molar-refractivity contribution >= 4 is 0 Å². The minimum absolute atomic E-state index is 0.370. The Kier molecular flexibility index (Phi) is 5.19. The lowest BCUT2D eigenvalue weighted by molar-refractivity contribution is 0.105. The second kappa shape index (κ2) is 8.13. The molecule has 0 aromatic heterocycles. The molecule has 0 saturated carbocycles. The van der Waals surface area contributed by atoms with Gasteiger partial charge in [0.1, 0.15) is 11.5 Å². The Morgan fingerprint density at radius 3 is 2.00 bits per heavy atom. The van der Waals surface area contributed by atoms with E-state index in [9.17, 15) is 0 Å². The summed E-state index contributed by atoms with van der Waals surface area (Å²) >= 11 is 0. The number of ether oxygens (including phenoxy) is 2. The summed E-state index contributed by atoms with van der Waals surface area (Å²) < 4.78 is 10.9. The zero-order chi connectivity index (χ0) is 20.5. The maximum absolute atomic E-state index is 5.59. The van der Waals surface area contributed by atoms with Gasteiger partial charge in [0.25, 0.3) is 0 Å². The van der Waals surface area contributed by atoms with Crippen molar-refractivity contribution in [1.29, 1.82) is 0 Å². The van der Waals surface area contributed by atoms with E-state index < -0.39 is 0 Å². The molecule has 3 aromatic carbocycles. The molecule has 0 spiro atoms. The third-order valence-corrected chi connectivity index (χ3v) is 6.46. The lowest BCUT2D eigenvalue weighted by Gasteiger charge is -2.39. The summed E-state index contributed by atoms with van der Waals surface area (Å²) in [4.78, 5) is 5.17. The first-order chi connectivity index (χ1) is 14.8. The monoisotopic (exact) mass is 400 g/mol. The Morgan fingerprint density at radius 1 is 0.767 bits per heavy atom. The van der Waals surface area contributed by atoms with Crippen LogP contribution in [0.15, 0.2) is 66.7 Å². The van der Waals surface area contributed by atoms with E-state index in [0.717, 1.165) is 44.2 Å². The van der Waals surface area contributed by atoms with Crippen LogP contribution in [-0.4, -0.2) is 50.2 Å². The molecule has 0 bridgehead atoms. The maximum Gasteiger partial charge on any atom is 0.127 e. The fraction of sp³-hybridized carbons (Fsp3) is 0.308. The molecule has 1 aliphatic heterocycles. The number of benzene rings is 3. The summed E-state index contributed by atoms with van der Waals surface area (Å²) in [7, 11) is 3.41. The van der Waals surface area contributed by atoms with Gasteiger partial charge in [-0.1, -0.05) is 54.6 Å². The van der Waals surface area contributed by atoms with E-state index in [1.165, 1.54) is 27.8 Å². The maximum atomic E-state index is 5.59. The van der Waals surface area contributed by atoms with Crippen molar-refractivity contribution in [2.24, 2.45) is 0 Å². The van der Waals surface area contributed by atoms with Crippen LogP contribution in [0, 0.1) is 0 Å². The van der Waals surface area contributed by atoms with E-state index >= 15 is 0 Å². The molecule has 0 radical (unpaired) electrons. The molecule has 4 nitrogen and oxygen atoms in total.